The van der Waals surface area contributed by atoms with E-state index < -0.39 is 0 Å². The molecule has 2 aromatic rings. The van der Waals surface area contributed by atoms with Gasteiger partial charge in [-0.15, -0.1) is 0 Å². The molecule has 0 spiro atoms. The van der Waals surface area contributed by atoms with E-state index in [1.165, 1.54) is 0 Å². The first-order valence-corrected chi connectivity index (χ1v) is 8.85. The fourth-order valence-electron chi connectivity index (χ4n) is 3.13. The Bertz CT molecular complexity index is 846. The molecule has 1 saturated heterocycles. The van der Waals surface area contributed by atoms with Gasteiger partial charge in [-0.05, 0) is 61.4 Å². The Hall–Kier alpha value is -3.33. The normalized spacial score (nSPS) is 14.3. The van der Waals surface area contributed by atoms with Crippen LogP contribution in [0.15, 0.2) is 48.5 Å². The van der Waals surface area contributed by atoms with Gasteiger partial charge in [0.2, 0.25) is 5.91 Å². The maximum Gasteiger partial charge on any atom is 0.253 e. The second kappa shape index (κ2) is 8.37. The predicted octanol–water partition coefficient (Wildman–Crippen LogP) is 3.06. The Labute approximate surface area is 158 Å². The van der Waals surface area contributed by atoms with E-state index >= 15 is 0 Å². The molecule has 1 N–H and O–H groups in total. The quantitative estimate of drug-likeness (QED) is 0.905. The number of benzene rings is 2. The molecule has 1 aliphatic heterocycles. The van der Waals surface area contributed by atoms with E-state index in [4.69, 9.17) is 10.00 Å². The molecule has 138 valence electrons. The smallest absolute Gasteiger partial charge is 0.253 e. The van der Waals surface area contributed by atoms with E-state index in [2.05, 4.69) is 5.32 Å². The summed E-state index contributed by atoms with van der Waals surface area (Å²) in [5, 5.41) is 11.7. The lowest BCUT2D eigenvalue weighted by Crippen LogP contribution is -2.41. The van der Waals surface area contributed by atoms with Crippen molar-refractivity contribution in [2.24, 2.45) is 5.92 Å². The Morgan fingerprint density at radius 1 is 1.07 bits per heavy atom. The molecule has 0 bridgehead atoms. The SMILES string of the molecule is COc1ccc(C(=O)N2CCC(C(=O)Nc3ccc(C#N)cc3)CC2)cc1. The molecular weight excluding hydrogens is 342 g/mol. The fraction of sp³-hybridized carbons (Fsp3) is 0.286. The van der Waals surface area contributed by atoms with E-state index in [1.807, 2.05) is 6.07 Å². The summed E-state index contributed by atoms with van der Waals surface area (Å²) in [5.41, 5.74) is 1.85. The number of rotatable bonds is 4. The molecule has 1 fully saturated rings. The van der Waals surface area contributed by atoms with Gasteiger partial charge in [0.15, 0.2) is 0 Å². The van der Waals surface area contributed by atoms with Crippen LogP contribution in [0.1, 0.15) is 28.8 Å². The second-order valence-electron chi connectivity index (χ2n) is 6.47. The van der Waals surface area contributed by atoms with Crippen LogP contribution >= 0.6 is 0 Å². The van der Waals surface area contributed by atoms with Gasteiger partial charge in [-0.2, -0.15) is 5.26 Å². The van der Waals surface area contributed by atoms with Gasteiger partial charge in [0.25, 0.3) is 5.91 Å². The van der Waals surface area contributed by atoms with Crippen molar-refractivity contribution in [1.29, 1.82) is 5.26 Å². The number of anilines is 1. The van der Waals surface area contributed by atoms with Crippen molar-refractivity contribution in [1.82, 2.24) is 4.90 Å². The number of nitrogens with one attached hydrogen (secondary N) is 1. The Kier molecular flexibility index (Phi) is 5.72. The number of nitriles is 1. The monoisotopic (exact) mass is 363 g/mol. The molecule has 6 nitrogen and oxygen atoms in total. The number of amides is 2. The van der Waals surface area contributed by atoms with Crippen LogP contribution in [0.4, 0.5) is 5.69 Å². The molecule has 1 aliphatic rings. The molecule has 0 saturated carbocycles. The second-order valence-corrected chi connectivity index (χ2v) is 6.47. The van der Waals surface area contributed by atoms with Gasteiger partial charge >= 0.3 is 0 Å². The molecule has 2 aromatic carbocycles. The number of methoxy groups -OCH3 is 1. The molecule has 27 heavy (non-hydrogen) atoms. The molecule has 0 aliphatic carbocycles. The number of nitrogens with zero attached hydrogens (tertiary/aromatic N) is 2. The van der Waals surface area contributed by atoms with Gasteiger partial charge in [0.05, 0.1) is 18.7 Å². The molecule has 6 heteroatoms. The highest BCUT2D eigenvalue weighted by atomic mass is 16.5. The third kappa shape index (κ3) is 4.45. The number of ether oxygens (including phenoxy) is 1. The van der Waals surface area contributed by atoms with Crippen LogP contribution < -0.4 is 10.1 Å². The van der Waals surface area contributed by atoms with Crippen LogP contribution in [0.2, 0.25) is 0 Å². The van der Waals surface area contributed by atoms with Crippen molar-refractivity contribution in [3.63, 3.8) is 0 Å². The summed E-state index contributed by atoms with van der Waals surface area (Å²) in [6, 6.07) is 15.9. The average molecular weight is 363 g/mol. The van der Waals surface area contributed by atoms with Crippen LogP contribution in [0.5, 0.6) is 5.75 Å². The highest BCUT2D eigenvalue weighted by Crippen LogP contribution is 2.22. The van der Waals surface area contributed by atoms with Crippen molar-refractivity contribution in [2.75, 3.05) is 25.5 Å². The molecule has 1 heterocycles. The van der Waals surface area contributed by atoms with Gasteiger partial charge in [0.1, 0.15) is 5.75 Å². The minimum Gasteiger partial charge on any atom is -0.497 e. The van der Waals surface area contributed by atoms with E-state index in [0.29, 0.717) is 48.5 Å². The number of hydrogen-bond donors (Lipinski definition) is 1. The van der Waals surface area contributed by atoms with Crippen molar-refractivity contribution in [2.45, 2.75) is 12.8 Å². The lowest BCUT2D eigenvalue weighted by atomic mass is 9.95. The fourth-order valence-corrected chi connectivity index (χ4v) is 3.13. The minimum atomic E-state index is -0.124. The molecular formula is C21H21N3O3. The van der Waals surface area contributed by atoms with Crippen LogP contribution in [0.25, 0.3) is 0 Å². The number of likely N-dealkylation sites (tertiary alicyclic amines) is 1. The van der Waals surface area contributed by atoms with Crippen molar-refractivity contribution >= 4 is 17.5 Å². The van der Waals surface area contributed by atoms with Crippen molar-refractivity contribution in [3.05, 3.63) is 59.7 Å². The summed E-state index contributed by atoms with van der Waals surface area (Å²) < 4.78 is 5.11. The van der Waals surface area contributed by atoms with Gasteiger partial charge in [-0.1, -0.05) is 0 Å². The molecule has 0 atom stereocenters. The first-order valence-electron chi connectivity index (χ1n) is 8.85. The highest BCUT2D eigenvalue weighted by molar-refractivity contribution is 5.95. The molecule has 0 aromatic heterocycles. The number of hydrogen-bond acceptors (Lipinski definition) is 4. The Morgan fingerprint density at radius 2 is 1.70 bits per heavy atom. The summed E-state index contributed by atoms with van der Waals surface area (Å²) >= 11 is 0. The predicted molar refractivity (Wildman–Crippen MR) is 101 cm³/mol. The van der Waals surface area contributed by atoms with E-state index in [1.54, 1.807) is 60.5 Å². The topological polar surface area (TPSA) is 82.4 Å². The van der Waals surface area contributed by atoms with Crippen molar-refractivity contribution < 1.29 is 14.3 Å². The molecule has 0 radical (unpaired) electrons. The Morgan fingerprint density at radius 3 is 2.26 bits per heavy atom. The number of carbonyl (C=O) groups excluding carboxylic acids is 2. The van der Waals surface area contributed by atoms with Crippen LogP contribution in [-0.4, -0.2) is 36.9 Å². The summed E-state index contributed by atoms with van der Waals surface area (Å²) in [7, 11) is 1.59. The molecule has 0 unspecified atom stereocenters. The zero-order valence-corrected chi connectivity index (χ0v) is 15.1. The number of piperidine rings is 1. The zero-order valence-electron chi connectivity index (χ0n) is 15.1. The summed E-state index contributed by atoms with van der Waals surface area (Å²) in [6.45, 7) is 1.10. The zero-order chi connectivity index (χ0) is 19.2. The van der Waals surface area contributed by atoms with E-state index in [9.17, 15) is 9.59 Å². The molecule has 2 amide bonds. The third-order valence-corrected chi connectivity index (χ3v) is 4.77. The third-order valence-electron chi connectivity index (χ3n) is 4.77. The highest BCUT2D eigenvalue weighted by Gasteiger charge is 2.27. The van der Waals surface area contributed by atoms with Crippen molar-refractivity contribution in [3.8, 4) is 11.8 Å². The molecule has 3 rings (SSSR count). The first kappa shape index (κ1) is 18.5. The minimum absolute atomic E-state index is 0.0244. The average Bonchev–Trinajstić information content (AvgIpc) is 2.74. The largest absolute Gasteiger partial charge is 0.497 e. The lowest BCUT2D eigenvalue weighted by Gasteiger charge is -2.31. The number of carbonyl (C=O) groups is 2. The van der Waals surface area contributed by atoms with Crippen LogP contribution in [0, 0.1) is 17.2 Å². The maximum atomic E-state index is 12.6. The van der Waals surface area contributed by atoms with E-state index in [0.717, 1.165) is 0 Å². The first-order chi connectivity index (χ1) is 13.1. The van der Waals surface area contributed by atoms with Gasteiger partial charge in [-0.3, -0.25) is 9.59 Å². The van der Waals surface area contributed by atoms with Gasteiger partial charge in [-0.25, -0.2) is 0 Å². The summed E-state index contributed by atoms with van der Waals surface area (Å²) in [6.07, 6.45) is 1.26. The van der Waals surface area contributed by atoms with Gasteiger partial charge in [0, 0.05) is 30.3 Å². The maximum absolute atomic E-state index is 12.6. The lowest BCUT2D eigenvalue weighted by molar-refractivity contribution is -0.121. The van der Waals surface area contributed by atoms with Crippen LogP contribution in [0.3, 0.4) is 0 Å². The van der Waals surface area contributed by atoms with Gasteiger partial charge < -0.3 is 15.0 Å². The van der Waals surface area contributed by atoms with Crippen LogP contribution in [-0.2, 0) is 4.79 Å². The standard InChI is InChI=1S/C21H21N3O3/c1-27-19-8-4-17(5-9-19)21(26)24-12-10-16(11-13-24)20(25)23-18-6-2-15(14-22)3-7-18/h2-9,16H,10-13H2,1H3,(H,23,25). The summed E-state index contributed by atoms with van der Waals surface area (Å²) in [5.74, 6) is 0.519. The summed E-state index contributed by atoms with van der Waals surface area (Å²) in [4.78, 5) is 26.8. The van der Waals surface area contributed by atoms with E-state index in [-0.39, 0.29) is 17.7 Å². The Balaban J connectivity index is 1.53.